The van der Waals surface area contributed by atoms with Crippen molar-refractivity contribution in [3.63, 3.8) is 0 Å². The number of alkyl halides is 4. The highest BCUT2D eigenvalue weighted by molar-refractivity contribution is 5.81. The van der Waals surface area contributed by atoms with Crippen LogP contribution in [0.25, 0.3) is 28.0 Å². The molecule has 152 valence electrons. The van der Waals surface area contributed by atoms with Crippen LogP contribution in [0.3, 0.4) is 0 Å². The molecule has 0 spiro atoms. The normalized spacial score (nSPS) is 12.8. The molecule has 4 aromatic heterocycles. The molecule has 0 aliphatic heterocycles. The largest absolute Gasteiger partial charge is 0.421 e. The number of pyridine rings is 2. The predicted molar refractivity (Wildman–Crippen MR) is 100 cm³/mol. The van der Waals surface area contributed by atoms with Crippen LogP contribution in [-0.4, -0.2) is 36.5 Å². The molecular weight excluding hydrogens is 400 g/mol. The maximum Gasteiger partial charge on any atom is 0.421 e. The van der Waals surface area contributed by atoms with Crippen molar-refractivity contribution in [2.24, 2.45) is 0 Å². The number of hydrogen-bond acceptors (Lipinski definition) is 4. The molecule has 0 aromatic carbocycles. The van der Waals surface area contributed by atoms with Crippen LogP contribution < -0.4 is 0 Å². The van der Waals surface area contributed by atoms with Crippen molar-refractivity contribution >= 4 is 5.65 Å². The van der Waals surface area contributed by atoms with Gasteiger partial charge in [0, 0.05) is 35.3 Å². The van der Waals surface area contributed by atoms with Crippen molar-refractivity contribution in [2.45, 2.75) is 25.8 Å². The second-order valence-corrected chi connectivity index (χ2v) is 6.73. The lowest BCUT2D eigenvalue weighted by atomic mass is 10.0. The molecule has 0 saturated heterocycles. The summed E-state index contributed by atoms with van der Waals surface area (Å²) in [6.07, 6.45) is -1.65. The summed E-state index contributed by atoms with van der Waals surface area (Å²) in [6, 6.07) is 8.71. The lowest BCUT2D eigenvalue weighted by molar-refractivity contribution is -0.184. The summed E-state index contributed by atoms with van der Waals surface area (Å²) >= 11 is 0. The minimum Gasteiger partial charge on any atom is -0.307 e. The molecule has 1 unspecified atom stereocenters. The quantitative estimate of drug-likeness (QED) is 0.466. The van der Waals surface area contributed by atoms with Gasteiger partial charge in [0.2, 0.25) is 6.17 Å². The molecule has 0 amide bonds. The van der Waals surface area contributed by atoms with E-state index in [4.69, 9.17) is 0 Å². The monoisotopic (exact) mass is 414 g/mol. The lowest BCUT2D eigenvalue weighted by Crippen LogP contribution is -2.29. The summed E-state index contributed by atoms with van der Waals surface area (Å²) < 4.78 is 53.6. The summed E-state index contributed by atoms with van der Waals surface area (Å²) in [6.45, 7) is 0.919. The molecule has 0 fully saturated rings. The Balaban J connectivity index is 1.77. The number of hydrogen-bond donors (Lipinski definition) is 0. The Kier molecular flexibility index (Phi) is 4.73. The number of halogens is 4. The molecule has 30 heavy (non-hydrogen) atoms. The van der Waals surface area contributed by atoms with Gasteiger partial charge < -0.3 is 4.40 Å². The van der Waals surface area contributed by atoms with Crippen molar-refractivity contribution in [1.82, 2.24) is 24.1 Å². The van der Waals surface area contributed by atoms with Crippen LogP contribution in [0.1, 0.15) is 11.4 Å². The first kappa shape index (κ1) is 19.6. The van der Waals surface area contributed by atoms with Crippen LogP contribution in [-0.2, 0) is 6.54 Å². The Morgan fingerprint density at radius 1 is 1.13 bits per heavy atom. The first-order valence-electron chi connectivity index (χ1n) is 8.85. The highest BCUT2D eigenvalue weighted by Gasteiger charge is 2.40. The van der Waals surface area contributed by atoms with E-state index >= 15 is 0 Å². The molecule has 6 nitrogen and oxygen atoms in total. The van der Waals surface area contributed by atoms with E-state index in [1.807, 2.05) is 23.6 Å². The van der Waals surface area contributed by atoms with E-state index in [9.17, 15) is 22.8 Å². The van der Waals surface area contributed by atoms with Gasteiger partial charge in [0.25, 0.3) is 0 Å². The van der Waals surface area contributed by atoms with Crippen molar-refractivity contribution in [2.75, 3.05) is 0 Å². The van der Waals surface area contributed by atoms with Gasteiger partial charge in [-0.15, -0.1) is 0 Å². The molecule has 4 heterocycles. The number of rotatable bonds is 4. The lowest BCUT2D eigenvalue weighted by Gasteiger charge is -2.12. The van der Waals surface area contributed by atoms with E-state index in [0.717, 1.165) is 10.4 Å². The standard InChI is InChI=1S/C20H14F4N6/c1-12-9-29-5-4-13(6-18(29)27-12)19-16(3-2-15(7-25)28-19)14-8-26-30(10-14)11-17(21)20(22,23)24/h2-6,8-10,17H,11H2,1H3. The van der Waals surface area contributed by atoms with Gasteiger partial charge >= 0.3 is 6.18 Å². The number of nitriles is 1. The number of fused-ring (bicyclic) bond motifs is 1. The van der Waals surface area contributed by atoms with Crippen LogP contribution in [0.15, 0.2) is 49.1 Å². The van der Waals surface area contributed by atoms with Gasteiger partial charge in [0.05, 0.1) is 24.1 Å². The van der Waals surface area contributed by atoms with Crippen molar-refractivity contribution in [1.29, 1.82) is 5.26 Å². The number of aryl methyl sites for hydroxylation is 1. The van der Waals surface area contributed by atoms with Gasteiger partial charge in [-0.1, -0.05) is 0 Å². The van der Waals surface area contributed by atoms with Crippen molar-refractivity contribution in [3.8, 4) is 28.5 Å². The minimum absolute atomic E-state index is 0.182. The second kappa shape index (κ2) is 7.26. The van der Waals surface area contributed by atoms with Crippen molar-refractivity contribution in [3.05, 3.63) is 60.4 Å². The minimum atomic E-state index is -4.95. The molecule has 0 saturated carbocycles. The summed E-state index contributed by atoms with van der Waals surface area (Å²) in [5.74, 6) is 0. The summed E-state index contributed by atoms with van der Waals surface area (Å²) in [5.41, 5.74) is 3.82. The molecule has 0 aliphatic rings. The molecule has 4 aromatic rings. The van der Waals surface area contributed by atoms with Gasteiger partial charge in [-0.2, -0.15) is 23.5 Å². The zero-order valence-electron chi connectivity index (χ0n) is 15.6. The highest BCUT2D eigenvalue weighted by atomic mass is 19.4. The van der Waals surface area contributed by atoms with E-state index in [1.54, 1.807) is 24.4 Å². The fraction of sp³-hybridized carbons (Fsp3) is 0.200. The van der Waals surface area contributed by atoms with Gasteiger partial charge in [0.1, 0.15) is 17.4 Å². The molecule has 0 N–H and O–H groups in total. The Hall–Kier alpha value is -3.74. The molecule has 0 bridgehead atoms. The summed E-state index contributed by atoms with van der Waals surface area (Å²) in [5, 5.41) is 13.1. The molecule has 4 rings (SSSR count). The molecule has 0 radical (unpaired) electrons. The zero-order chi connectivity index (χ0) is 21.5. The average molecular weight is 414 g/mol. The second-order valence-electron chi connectivity index (χ2n) is 6.73. The van der Waals surface area contributed by atoms with E-state index in [-0.39, 0.29) is 5.69 Å². The van der Waals surface area contributed by atoms with E-state index in [2.05, 4.69) is 15.1 Å². The Bertz CT molecular complexity index is 1260. The number of aromatic nitrogens is 5. The van der Waals surface area contributed by atoms with E-state index in [1.165, 1.54) is 18.5 Å². The number of nitrogens with zero attached hydrogens (tertiary/aromatic N) is 6. The molecule has 0 aliphatic carbocycles. The fourth-order valence-corrected chi connectivity index (χ4v) is 3.10. The van der Waals surface area contributed by atoms with Gasteiger partial charge in [0.15, 0.2) is 0 Å². The van der Waals surface area contributed by atoms with Gasteiger partial charge in [-0.25, -0.2) is 14.4 Å². The highest BCUT2D eigenvalue weighted by Crippen LogP contribution is 2.32. The van der Waals surface area contributed by atoms with Crippen LogP contribution in [0.2, 0.25) is 0 Å². The topological polar surface area (TPSA) is 71.8 Å². The van der Waals surface area contributed by atoms with E-state index in [0.29, 0.717) is 28.0 Å². The third-order valence-corrected chi connectivity index (χ3v) is 4.51. The Morgan fingerprint density at radius 2 is 1.93 bits per heavy atom. The smallest absolute Gasteiger partial charge is 0.307 e. The van der Waals surface area contributed by atoms with Gasteiger partial charge in [-0.05, 0) is 31.2 Å². The van der Waals surface area contributed by atoms with Crippen molar-refractivity contribution < 1.29 is 17.6 Å². The van der Waals surface area contributed by atoms with Crippen LogP contribution >= 0.6 is 0 Å². The van der Waals surface area contributed by atoms with E-state index < -0.39 is 18.9 Å². The maximum absolute atomic E-state index is 13.4. The zero-order valence-corrected chi connectivity index (χ0v) is 15.6. The first-order chi connectivity index (χ1) is 14.2. The Labute approximate surface area is 168 Å². The van der Waals surface area contributed by atoms with Crippen LogP contribution in [0.4, 0.5) is 17.6 Å². The molecule has 10 heteroatoms. The summed E-state index contributed by atoms with van der Waals surface area (Å²) in [4.78, 5) is 8.78. The fourth-order valence-electron chi connectivity index (χ4n) is 3.10. The SMILES string of the molecule is Cc1cn2ccc(-c3nc(C#N)ccc3-c3cnn(CC(F)C(F)(F)F)c3)cc2n1. The third kappa shape index (κ3) is 3.74. The van der Waals surface area contributed by atoms with Crippen LogP contribution in [0.5, 0.6) is 0 Å². The summed E-state index contributed by atoms with van der Waals surface area (Å²) in [7, 11) is 0. The number of imidazole rings is 1. The maximum atomic E-state index is 13.4. The average Bonchev–Trinajstić information content (AvgIpc) is 3.31. The third-order valence-electron chi connectivity index (χ3n) is 4.51. The first-order valence-corrected chi connectivity index (χ1v) is 8.85. The molecular formula is C20H14F4N6. The molecule has 1 atom stereocenters. The Morgan fingerprint density at radius 3 is 2.67 bits per heavy atom. The predicted octanol–water partition coefficient (Wildman–Crippen LogP) is 4.34. The van der Waals surface area contributed by atoms with Crippen LogP contribution in [0, 0.1) is 18.3 Å². The van der Waals surface area contributed by atoms with Gasteiger partial charge in [-0.3, -0.25) is 4.68 Å².